The first-order chi connectivity index (χ1) is 4.00. The van der Waals surface area contributed by atoms with E-state index in [0.29, 0.717) is 0 Å². The Bertz CT molecular complexity index is 79.1. The van der Waals surface area contributed by atoms with Crippen molar-refractivity contribution in [1.29, 1.82) is 0 Å². The highest BCUT2D eigenvalue weighted by Gasteiger charge is 1.82. The summed E-state index contributed by atoms with van der Waals surface area (Å²) in [6.45, 7) is 0. The molecule has 0 bridgehead atoms. The Hall–Kier alpha value is 0.180. The third kappa shape index (κ3) is 2.48. The van der Waals surface area contributed by atoms with E-state index in [1.807, 2.05) is 23.5 Å². The zero-order valence-corrected chi connectivity index (χ0v) is 6.17. The molecule has 0 radical (unpaired) electrons. The van der Waals surface area contributed by atoms with Crippen molar-refractivity contribution in [2.24, 2.45) is 0 Å². The van der Waals surface area contributed by atoms with E-state index in [2.05, 4.69) is 23.0 Å². The summed E-state index contributed by atoms with van der Waals surface area (Å²) in [6.07, 6.45) is 4.39. The van der Waals surface area contributed by atoms with Crippen LogP contribution in [0.1, 0.15) is 0 Å². The summed E-state index contributed by atoms with van der Waals surface area (Å²) < 4.78 is 0. The summed E-state index contributed by atoms with van der Waals surface area (Å²) in [6, 6.07) is 0. The zero-order chi connectivity index (χ0) is 5.66. The lowest BCUT2D eigenvalue weighted by Gasteiger charge is -1.92. The van der Waals surface area contributed by atoms with Crippen molar-refractivity contribution < 1.29 is 0 Å². The molecule has 0 saturated carbocycles. The molecule has 0 fully saturated rings. The Morgan fingerprint density at radius 1 is 0.875 bits per heavy atom. The van der Waals surface area contributed by atoms with Gasteiger partial charge in [0.2, 0.25) is 0 Å². The van der Waals surface area contributed by atoms with E-state index in [9.17, 15) is 0 Å². The highest BCUT2D eigenvalue weighted by atomic mass is 32.2. The third-order valence-electron chi connectivity index (χ3n) is 0.770. The van der Waals surface area contributed by atoms with Gasteiger partial charge in [0.05, 0.1) is 0 Å². The first-order valence-electron chi connectivity index (χ1n) is 2.53. The van der Waals surface area contributed by atoms with Gasteiger partial charge in [-0.25, -0.2) is 0 Å². The Morgan fingerprint density at radius 3 is 1.88 bits per heavy atom. The van der Waals surface area contributed by atoms with Gasteiger partial charge in [0, 0.05) is 11.5 Å². The Kier molecular flexibility index (Phi) is 3.23. The molecule has 44 valence electrons. The minimum atomic E-state index is 1.13. The van der Waals surface area contributed by atoms with Crippen molar-refractivity contribution in [3.8, 4) is 0 Å². The molecule has 0 saturated heterocycles. The van der Waals surface area contributed by atoms with E-state index in [-0.39, 0.29) is 0 Å². The van der Waals surface area contributed by atoms with Gasteiger partial charge in [0.15, 0.2) is 0 Å². The second-order valence-corrected chi connectivity index (χ2v) is 3.29. The van der Waals surface area contributed by atoms with E-state index in [4.69, 9.17) is 0 Å². The fourth-order valence-corrected chi connectivity index (χ4v) is 1.78. The van der Waals surface area contributed by atoms with E-state index in [0.717, 1.165) is 11.5 Å². The molecule has 1 rings (SSSR count). The average molecular weight is 144 g/mol. The van der Waals surface area contributed by atoms with Crippen LogP contribution in [0.3, 0.4) is 0 Å². The van der Waals surface area contributed by atoms with Crippen LogP contribution >= 0.6 is 23.5 Å². The van der Waals surface area contributed by atoms with E-state index < -0.39 is 0 Å². The molecule has 0 atom stereocenters. The molecule has 2 heteroatoms. The normalized spacial score (nSPS) is 28.0. The summed E-state index contributed by atoms with van der Waals surface area (Å²) in [5.41, 5.74) is 0. The number of thioether (sulfide) groups is 2. The van der Waals surface area contributed by atoms with Gasteiger partial charge in [-0.3, -0.25) is 0 Å². The van der Waals surface area contributed by atoms with Crippen molar-refractivity contribution in [2.45, 2.75) is 0 Å². The van der Waals surface area contributed by atoms with Gasteiger partial charge in [-0.2, -0.15) is 0 Å². The molecule has 1 heterocycles. The molecule has 0 aromatic rings. The van der Waals surface area contributed by atoms with E-state index >= 15 is 0 Å². The number of rotatable bonds is 0. The van der Waals surface area contributed by atoms with Crippen molar-refractivity contribution in [3.05, 3.63) is 23.0 Å². The molecule has 0 N–H and O–H groups in total. The fraction of sp³-hybridized carbons (Fsp3) is 0.333. The Morgan fingerprint density at radius 2 is 1.38 bits per heavy atom. The Balaban J connectivity index is 2.29. The van der Waals surface area contributed by atoms with E-state index in [1.54, 1.807) is 0 Å². The van der Waals surface area contributed by atoms with Crippen LogP contribution in [0.25, 0.3) is 0 Å². The van der Waals surface area contributed by atoms with Crippen molar-refractivity contribution in [2.75, 3.05) is 11.5 Å². The maximum atomic E-state index is 2.19. The molecule has 1 aliphatic rings. The van der Waals surface area contributed by atoms with Crippen LogP contribution in [0.2, 0.25) is 0 Å². The van der Waals surface area contributed by atoms with Gasteiger partial charge < -0.3 is 0 Å². The van der Waals surface area contributed by atoms with Crippen LogP contribution in [0.5, 0.6) is 0 Å². The zero-order valence-electron chi connectivity index (χ0n) is 4.54. The second kappa shape index (κ2) is 4.10. The van der Waals surface area contributed by atoms with E-state index in [1.165, 1.54) is 0 Å². The summed E-state index contributed by atoms with van der Waals surface area (Å²) in [7, 11) is 0. The molecule has 0 amide bonds. The smallest absolute Gasteiger partial charge is 0.0162 e. The molecule has 0 aromatic heterocycles. The Labute approximate surface area is 58.4 Å². The van der Waals surface area contributed by atoms with Gasteiger partial charge in [-0.15, -0.1) is 23.5 Å². The van der Waals surface area contributed by atoms with Crippen LogP contribution < -0.4 is 0 Å². The summed E-state index contributed by atoms with van der Waals surface area (Å²) >= 11 is 3.70. The molecule has 1 aliphatic heterocycles. The SMILES string of the molecule is C1=C\SC/C=C\SC/1. The maximum absolute atomic E-state index is 2.19. The first-order valence-corrected chi connectivity index (χ1v) is 4.63. The van der Waals surface area contributed by atoms with Gasteiger partial charge in [-0.1, -0.05) is 12.2 Å². The van der Waals surface area contributed by atoms with Crippen molar-refractivity contribution in [1.82, 2.24) is 0 Å². The quantitative estimate of drug-likeness (QED) is 0.512. The van der Waals surface area contributed by atoms with Crippen LogP contribution in [0, 0.1) is 0 Å². The van der Waals surface area contributed by atoms with Gasteiger partial charge in [0.1, 0.15) is 0 Å². The molecule has 0 aromatic carbocycles. The highest BCUT2D eigenvalue weighted by Crippen LogP contribution is 2.11. The second-order valence-electron chi connectivity index (χ2n) is 1.41. The van der Waals surface area contributed by atoms with Crippen LogP contribution in [-0.2, 0) is 0 Å². The van der Waals surface area contributed by atoms with Crippen molar-refractivity contribution in [3.63, 3.8) is 0 Å². The van der Waals surface area contributed by atoms with Gasteiger partial charge in [-0.05, 0) is 10.8 Å². The van der Waals surface area contributed by atoms with Crippen LogP contribution in [0.15, 0.2) is 23.0 Å². The molecule has 0 unspecified atom stereocenters. The van der Waals surface area contributed by atoms with Crippen molar-refractivity contribution >= 4 is 23.5 Å². The predicted octanol–water partition coefficient (Wildman–Crippen LogP) is 2.49. The molecule has 0 spiro atoms. The molecule has 0 nitrogen and oxygen atoms in total. The minimum absolute atomic E-state index is 1.13. The largest absolute Gasteiger partial charge is 0.130 e. The third-order valence-corrected chi connectivity index (χ3v) is 2.31. The predicted molar refractivity (Wildman–Crippen MR) is 43.2 cm³/mol. The monoisotopic (exact) mass is 144 g/mol. The summed E-state index contributed by atoms with van der Waals surface area (Å²) in [5.74, 6) is 2.26. The van der Waals surface area contributed by atoms with Gasteiger partial charge in [0.25, 0.3) is 0 Å². The standard InChI is InChI=1S/C6H8S2/c1-3-7-5-2-6-8-4-1/h1-3,6H,4-5H2/b3-1-,6-2-. The topological polar surface area (TPSA) is 0 Å². The van der Waals surface area contributed by atoms with Crippen LogP contribution in [-0.4, -0.2) is 11.5 Å². The number of hydrogen-bond donors (Lipinski definition) is 0. The summed E-state index contributed by atoms with van der Waals surface area (Å²) in [5, 5.41) is 4.33. The minimum Gasteiger partial charge on any atom is -0.130 e. The molecule has 8 heavy (non-hydrogen) atoms. The molecular weight excluding hydrogens is 136 g/mol. The highest BCUT2D eigenvalue weighted by molar-refractivity contribution is 8.03. The van der Waals surface area contributed by atoms with Gasteiger partial charge >= 0.3 is 0 Å². The lowest BCUT2D eigenvalue weighted by Crippen LogP contribution is -1.71. The maximum Gasteiger partial charge on any atom is 0.0162 e. The lowest BCUT2D eigenvalue weighted by molar-refractivity contribution is 1.76. The summed E-state index contributed by atoms with van der Waals surface area (Å²) in [4.78, 5) is 0. The molecule has 0 aliphatic carbocycles. The lowest BCUT2D eigenvalue weighted by atomic mass is 10.7. The first kappa shape index (κ1) is 6.30. The number of hydrogen-bond acceptors (Lipinski definition) is 2. The fourth-order valence-electron chi connectivity index (χ4n) is 0.437. The van der Waals surface area contributed by atoms with Crippen LogP contribution in [0.4, 0.5) is 0 Å². The molecular formula is C6H8S2. The average Bonchev–Trinajstić information content (AvgIpc) is 1.62.